The number of Topliss-reactive ketones (excluding diaryl/α,β-unsaturated/α-hetero) is 1. The lowest BCUT2D eigenvalue weighted by Gasteiger charge is -2.18. The molecule has 0 heterocycles. The van der Waals surface area contributed by atoms with Gasteiger partial charge in [-0.1, -0.05) is 27.2 Å². The number of carbonyl (C=O) groups is 3. The van der Waals surface area contributed by atoms with Crippen LogP contribution >= 0.6 is 11.8 Å². The summed E-state index contributed by atoms with van der Waals surface area (Å²) in [4.78, 5) is 36.4. The number of ether oxygens (including phenoxy) is 3. The van der Waals surface area contributed by atoms with Gasteiger partial charge in [0, 0.05) is 21.8 Å². The van der Waals surface area contributed by atoms with E-state index in [0.29, 0.717) is 34.6 Å². The van der Waals surface area contributed by atoms with E-state index in [1.165, 1.54) is 44.0 Å². The molecule has 1 atom stereocenters. The summed E-state index contributed by atoms with van der Waals surface area (Å²) in [5.74, 6) is -0.752. The zero-order chi connectivity index (χ0) is 30.7. The van der Waals surface area contributed by atoms with Crippen LogP contribution in [0.5, 0.6) is 17.2 Å². The minimum absolute atomic E-state index is 0.0726. The van der Waals surface area contributed by atoms with Crippen LogP contribution in [0.25, 0.3) is 0 Å². The molecule has 226 valence electrons. The normalized spacial score (nSPS) is 12.0. The molecule has 2 aromatic carbocycles. The van der Waals surface area contributed by atoms with Gasteiger partial charge in [0.1, 0.15) is 17.2 Å². The molecule has 0 aliphatic heterocycles. The van der Waals surface area contributed by atoms with E-state index in [4.69, 9.17) is 14.2 Å². The van der Waals surface area contributed by atoms with Crippen molar-refractivity contribution >= 4 is 39.3 Å². The average molecular weight is 609 g/mol. The highest BCUT2D eigenvalue weighted by molar-refractivity contribution is 8.00. The van der Waals surface area contributed by atoms with Crippen molar-refractivity contribution in [3.8, 4) is 17.2 Å². The summed E-state index contributed by atoms with van der Waals surface area (Å²) in [6, 6.07) is 6.04. The summed E-state index contributed by atoms with van der Waals surface area (Å²) < 4.78 is 43.0. The van der Waals surface area contributed by atoms with E-state index in [0.717, 1.165) is 6.42 Å². The van der Waals surface area contributed by atoms with Crippen molar-refractivity contribution in [3.63, 3.8) is 0 Å². The van der Waals surface area contributed by atoms with E-state index in [9.17, 15) is 27.9 Å². The number of phenols is 1. The molecule has 0 saturated heterocycles. The lowest BCUT2D eigenvalue weighted by atomic mass is 10.0. The molecule has 0 bridgehead atoms. The monoisotopic (exact) mass is 608 g/mol. The van der Waals surface area contributed by atoms with Crippen molar-refractivity contribution in [2.45, 2.75) is 76.5 Å². The summed E-state index contributed by atoms with van der Waals surface area (Å²) in [6.45, 7) is 8.71. The third kappa shape index (κ3) is 9.22. The standard InChI is InChI=1S/C30H40O9S2/c1-7-10-23-25(12-11-22(21(5)31)28(23)33)38-16-9-18-41(35,36)26-14-13-24(39-30(34)19(3)8-2)20(4)29(26)40-17-15-27(32)37-6/h11-14,19,33H,7-10,15-18H2,1-6H3. The Morgan fingerprint density at radius 3 is 2.37 bits per heavy atom. The number of esters is 2. The van der Waals surface area contributed by atoms with Crippen LogP contribution in [0.15, 0.2) is 34.1 Å². The lowest BCUT2D eigenvalue weighted by molar-refractivity contribution is -0.140. The third-order valence-corrected chi connectivity index (χ3v) is 9.78. The Balaban J connectivity index is 2.25. The van der Waals surface area contributed by atoms with Crippen LogP contribution < -0.4 is 9.47 Å². The van der Waals surface area contributed by atoms with E-state index in [1.54, 1.807) is 19.9 Å². The van der Waals surface area contributed by atoms with Crippen LogP contribution in [0.3, 0.4) is 0 Å². The second kappa shape index (κ2) is 15.8. The van der Waals surface area contributed by atoms with Crippen LogP contribution in [-0.4, -0.2) is 56.5 Å². The van der Waals surface area contributed by atoms with E-state index < -0.39 is 21.8 Å². The molecule has 0 saturated carbocycles. The molecule has 2 aromatic rings. The van der Waals surface area contributed by atoms with E-state index in [2.05, 4.69) is 0 Å². The molecule has 0 amide bonds. The van der Waals surface area contributed by atoms with Gasteiger partial charge in [-0.15, -0.1) is 11.8 Å². The van der Waals surface area contributed by atoms with Gasteiger partial charge in [0.15, 0.2) is 15.6 Å². The van der Waals surface area contributed by atoms with Gasteiger partial charge >= 0.3 is 11.9 Å². The highest BCUT2D eigenvalue weighted by Gasteiger charge is 2.25. The highest BCUT2D eigenvalue weighted by Crippen LogP contribution is 2.37. The molecule has 0 aromatic heterocycles. The Kier molecular flexibility index (Phi) is 13.2. The van der Waals surface area contributed by atoms with Gasteiger partial charge in [-0.2, -0.15) is 0 Å². The Hall–Kier alpha value is -3.05. The number of thioether (sulfide) groups is 1. The number of benzene rings is 2. The summed E-state index contributed by atoms with van der Waals surface area (Å²) in [7, 11) is -2.50. The maximum Gasteiger partial charge on any atom is 0.314 e. The van der Waals surface area contributed by atoms with E-state index in [-0.39, 0.29) is 64.6 Å². The fourth-order valence-electron chi connectivity index (χ4n) is 3.97. The SMILES string of the molecule is CCCc1c(OCCCS(=O)(=O)c2ccc(OC(=O)C(C)CC)c(C)c2SCCC(=O)OC)ccc(C(C)=O)c1O. The van der Waals surface area contributed by atoms with Gasteiger partial charge in [-0.05, 0) is 57.4 Å². The Bertz CT molecular complexity index is 1350. The van der Waals surface area contributed by atoms with Crippen LogP contribution in [0.4, 0.5) is 0 Å². The van der Waals surface area contributed by atoms with Crippen LogP contribution in [-0.2, 0) is 30.6 Å². The van der Waals surface area contributed by atoms with E-state index >= 15 is 0 Å². The second-order valence-corrected chi connectivity index (χ2v) is 12.9. The number of carbonyl (C=O) groups excluding carboxylic acids is 3. The predicted molar refractivity (Wildman–Crippen MR) is 158 cm³/mol. The van der Waals surface area contributed by atoms with Gasteiger partial charge in [-0.3, -0.25) is 14.4 Å². The molecule has 0 aliphatic rings. The van der Waals surface area contributed by atoms with Crippen molar-refractivity contribution in [3.05, 3.63) is 41.0 Å². The molecular weight excluding hydrogens is 568 g/mol. The minimum Gasteiger partial charge on any atom is -0.507 e. The first-order valence-electron chi connectivity index (χ1n) is 13.6. The van der Waals surface area contributed by atoms with Gasteiger partial charge in [0.2, 0.25) is 0 Å². The van der Waals surface area contributed by atoms with Crippen molar-refractivity contribution in [2.24, 2.45) is 5.92 Å². The molecule has 11 heteroatoms. The number of methoxy groups -OCH3 is 1. The second-order valence-electron chi connectivity index (χ2n) is 9.69. The summed E-state index contributed by atoms with van der Waals surface area (Å²) >= 11 is 1.19. The zero-order valence-electron chi connectivity index (χ0n) is 24.6. The number of phenolic OH excluding ortho intramolecular Hbond substituents is 1. The first kappa shape index (κ1) is 34.2. The lowest BCUT2D eigenvalue weighted by Crippen LogP contribution is -2.18. The third-order valence-electron chi connectivity index (χ3n) is 6.59. The molecule has 41 heavy (non-hydrogen) atoms. The fourth-order valence-corrected chi connectivity index (χ4v) is 6.95. The molecule has 1 N–H and O–H groups in total. The number of sulfone groups is 1. The average Bonchev–Trinajstić information content (AvgIpc) is 2.93. The largest absolute Gasteiger partial charge is 0.507 e. The number of hydrogen-bond acceptors (Lipinski definition) is 10. The van der Waals surface area contributed by atoms with Crippen molar-refractivity contribution < 1.29 is 42.1 Å². The fraction of sp³-hybridized carbons (Fsp3) is 0.500. The summed E-state index contributed by atoms with van der Waals surface area (Å²) in [5, 5.41) is 10.5. The molecule has 2 rings (SSSR count). The van der Waals surface area contributed by atoms with Crippen molar-refractivity contribution in [1.82, 2.24) is 0 Å². The Morgan fingerprint density at radius 1 is 1.07 bits per heavy atom. The van der Waals surface area contributed by atoms with E-state index in [1.807, 2.05) is 13.8 Å². The quantitative estimate of drug-likeness (QED) is 0.0831. The number of aromatic hydroxyl groups is 1. The maximum absolute atomic E-state index is 13.5. The zero-order valence-corrected chi connectivity index (χ0v) is 26.2. The van der Waals surface area contributed by atoms with Crippen LogP contribution in [0.1, 0.15) is 74.9 Å². The van der Waals surface area contributed by atoms with Gasteiger partial charge < -0.3 is 19.3 Å². The molecule has 9 nitrogen and oxygen atoms in total. The van der Waals surface area contributed by atoms with Gasteiger partial charge in [0.25, 0.3) is 0 Å². The van der Waals surface area contributed by atoms with Gasteiger partial charge in [-0.25, -0.2) is 8.42 Å². The minimum atomic E-state index is -3.79. The number of rotatable bonds is 16. The first-order chi connectivity index (χ1) is 19.4. The number of hydrogen-bond donors (Lipinski definition) is 1. The molecule has 0 fully saturated rings. The molecule has 0 aliphatic carbocycles. The molecular formula is C30H40O9S2. The summed E-state index contributed by atoms with van der Waals surface area (Å²) in [5.41, 5.74) is 1.24. The van der Waals surface area contributed by atoms with Crippen LogP contribution in [0, 0.1) is 12.8 Å². The van der Waals surface area contributed by atoms with Crippen LogP contribution in [0.2, 0.25) is 0 Å². The topological polar surface area (TPSA) is 133 Å². The highest BCUT2D eigenvalue weighted by atomic mass is 32.2. The predicted octanol–water partition coefficient (Wildman–Crippen LogP) is 5.71. The summed E-state index contributed by atoms with van der Waals surface area (Å²) in [6.07, 6.45) is 2.07. The van der Waals surface area contributed by atoms with Gasteiger partial charge in [0.05, 0.1) is 42.3 Å². The Morgan fingerprint density at radius 2 is 1.76 bits per heavy atom. The molecule has 1 unspecified atom stereocenters. The first-order valence-corrected chi connectivity index (χ1v) is 16.3. The van der Waals surface area contributed by atoms with Crippen molar-refractivity contribution in [1.29, 1.82) is 0 Å². The maximum atomic E-state index is 13.5. The molecule has 0 radical (unpaired) electrons. The number of ketones is 1. The Labute approximate surface area is 246 Å². The van der Waals surface area contributed by atoms with Crippen molar-refractivity contribution in [2.75, 3.05) is 25.2 Å². The molecule has 0 spiro atoms. The smallest absolute Gasteiger partial charge is 0.314 e.